The van der Waals surface area contributed by atoms with Gasteiger partial charge in [0.1, 0.15) is 12.4 Å². The summed E-state index contributed by atoms with van der Waals surface area (Å²) < 4.78 is 10.4. The predicted molar refractivity (Wildman–Crippen MR) is 78.8 cm³/mol. The first-order valence-corrected chi connectivity index (χ1v) is 6.46. The van der Waals surface area contributed by atoms with Crippen LogP contribution in [0.25, 0.3) is 0 Å². The molecule has 120 valence electrons. The molecule has 0 fully saturated rings. The second kappa shape index (κ2) is 6.69. The molecule has 0 saturated carbocycles. The second-order valence-electron chi connectivity index (χ2n) is 4.51. The highest BCUT2D eigenvalue weighted by Gasteiger charge is 2.22. The molecule has 0 unspecified atom stereocenters. The summed E-state index contributed by atoms with van der Waals surface area (Å²) >= 11 is 0. The lowest BCUT2D eigenvalue weighted by Crippen LogP contribution is -2.14. The molecule has 0 atom stereocenters. The van der Waals surface area contributed by atoms with Gasteiger partial charge in [-0.05, 0) is 25.1 Å². The normalized spacial score (nSPS) is 10.2. The third-order valence-electron chi connectivity index (χ3n) is 3.03. The van der Waals surface area contributed by atoms with Crippen molar-refractivity contribution in [3.05, 3.63) is 56.1 Å². The van der Waals surface area contributed by atoms with Crippen molar-refractivity contribution in [2.45, 2.75) is 13.5 Å². The number of ketones is 1. The van der Waals surface area contributed by atoms with Gasteiger partial charge in [-0.15, -0.1) is 0 Å². The number of H-pyrrole nitrogens is 1. The summed E-state index contributed by atoms with van der Waals surface area (Å²) in [5, 5.41) is 10.9. The van der Waals surface area contributed by atoms with Crippen molar-refractivity contribution >= 4 is 11.5 Å². The zero-order valence-corrected chi connectivity index (χ0v) is 12.4. The van der Waals surface area contributed by atoms with Crippen LogP contribution in [0.1, 0.15) is 22.8 Å². The molecule has 0 amide bonds. The van der Waals surface area contributed by atoms with Crippen LogP contribution in [-0.4, -0.2) is 27.8 Å². The molecule has 0 spiro atoms. The third kappa shape index (κ3) is 3.51. The fourth-order valence-electron chi connectivity index (χ4n) is 1.90. The van der Waals surface area contributed by atoms with Crippen LogP contribution >= 0.6 is 0 Å². The number of aromatic nitrogens is 2. The van der Waals surface area contributed by atoms with Crippen molar-refractivity contribution in [2.75, 3.05) is 7.11 Å². The average molecular weight is 319 g/mol. The maximum Gasteiger partial charge on any atom is 0.395 e. The van der Waals surface area contributed by atoms with Crippen molar-refractivity contribution in [2.24, 2.45) is 0 Å². The number of methoxy groups -OCH3 is 1. The fraction of sp³-hybridized carbons (Fsp3) is 0.214. The molecule has 0 aliphatic heterocycles. The van der Waals surface area contributed by atoms with Crippen LogP contribution in [0.5, 0.6) is 11.6 Å². The predicted octanol–water partition coefficient (Wildman–Crippen LogP) is 1.47. The van der Waals surface area contributed by atoms with Crippen molar-refractivity contribution in [1.82, 2.24) is 9.97 Å². The summed E-state index contributed by atoms with van der Waals surface area (Å²) in [6.07, 6.45) is 1.01. The number of nitrogens with zero attached hydrogens (tertiary/aromatic N) is 2. The summed E-state index contributed by atoms with van der Waals surface area (Å²) in [7, 11) is 1.44. The number of rotatable bonds is 6. The van der Waals surface area contributed by atoms with Gasteiger partial charge in [-0.25, -0.2) is 0 Å². The smallest absolute Gasteiger partial charge is 0.395 e. The Morgan fingerprint density at radius 3 is 2.78 bits per heavy atom. The Bertz CT molecular complexity index is 814. The van der Waals surface area contributed by atoms with E-state index in [4.69, 9.17) is 9.47 Å². The summed E-state index contributed by atoms with van der Waals surface area (Å²) in [6, 6.07) is 4.74. The number of hydrogen-bond donors (Lipinski definition) is 1. The molecule has 23 heavy (non-hydrogen) atoms. The van der Waals surface area contributed by atoms with Crippen LogP contribution in [0.15, 0.2) is 29.3 Å². The Hall–Kier alpha value is -3.23. The summed E-state index contributed by atoms with van der Waals surface area (Å²) in [4.78, 5) is 38.7. The average Bonchev–Trinajstić information content (AvgIpc) is 2.52. The van der Waals surface area contributed by atoms with Crippen LogP contribution in [0.2, 0.25) is 0 Å². The number of hydrogen-bond acceptors (Lipinski definition) is 7. The van der Waals surface area contributed by atoms with Gasteiger partial charge in [0.05, 0.1) is 18.4 Å². The SMILES string of the molecule is COc1ccc(C(C)=O)cc1COc1nc[nH]c(=O)c1[N+](=O)[O-]. The molecular weight excluding hydrogens is 306 g/mol. The van der Waals surface area contributed by atoms with E-state index in [1.54, 1.807) is 18.2 Å². The Morgan fingerprint density at radius 1 is 1.43 bits per heavy atom. The second-order valence-corrected chi connectivity index (χ2v) is 4.51. The quantitative estimate of drug-likeness (QED) is 0.485. The Morgan fingerprint density at radius 2 is 2.17 bits per heavy atom. The van der Waals surface area contributed by atoms with Crippen LogP contribution in [0, 0.1) is 10.1 Å². The topological polar surface area (TPSA) is 124 Å². The first kappa shape index (κ1) is 16.1. The number of nitro groups is 1. The van der Waals surface area contributed by atoms with Crippen LogP contribution in [0.4, 0.5) is 5.69 Å². The molecule has 1 aromatic heterocycles. The number of carbonyl (C=O) groups excluding carboxylic acids is 1. The highest BCUT2D eigenvalue weighted by Crippen LogP contribution is 2.24. The Kier molecular flexibility index (Phi) is 4.69. The lowest BCUT2D eigenvalue weighted by Gasteiger charge is -2.10. The fourth-order valence-corrected chi connectivity index (χ4v) is 1.90. The molecule has 0 aliphatic carbocycles. The van der Waals surface area contributed by atoms with Crippen molar-refractivity contribution in [3.8, 4) is 11.6 Å². The highest BCUT2D eigenvalue weighted by molar-refractivity contribution is 5.94. The standard InChI is InChI=1S/C14H13N3O6/c1-8(18)9-3-4-11(22-2)10(5-9)6-23-14-12(17(20)21)13(19)15-7-16-14/h3-5,7H,6H2,1-2H3,(H,15,16,19). The number of aromatic amines is 1. The van der Waals surface area contributed by atoms with Gasteiger partial charge in [-0.3, -0.25) is 19.7 Å². The lowest BCUT2D eigenvalue weighted by atomic mass is 10.1. The van der Waals surface area contributed by atoms with E-state index in [0.29, 0.717) is 16.9 Å². The number of carbonyl (C=O) groups is 1. The summed E-state index contributed by atoms with van der Waals surface area (Å²) in [5.41, 5.74) is -0.756. The number of benzene rings is 1. The van der Waals surface area contributed by atoms with Gasteiger partial charge in [-0.2, -0.15) is 4.98 Å². The zero-order valence-electron chi connectivity index (χ0n) is 12.4. The van der Waals surface area contributed by atoms with E-state index >= 15 is 0 Å². The zero-order chi connectivity index (χ0) is 17.0. The van der Waals surface area contributed by atoms with Gasteiger partial charge in [0.2, 0.25) is 0 Å². The molecule has 0 saturated heterocycles. The molecule has 0 bridgehead atoms. The van der Waals surface area contributed by atoms with Gasteiger partial charge < -0.3 is 14.5 Å². The van der Waals surface area contributed by atoms with E-state index in [-0.39, 0.29) is 12.4 Å². The van der Waals surface area contributed by atoms with Gasteiger partial charge >= 0.3 is 17.1 Å². The van der Waals surface area contributed by atoms with Crippen LogP contribution in [-0.2, 0) is 6.61 Å². The lowest BCUT2D eigenvalue weighted by molar-refractivity contribution is -0.387. The molecule has 1 N–H and O–H groups in total. The van der Waals surface area contributed by atoms with E-state index in [9.17, 15) is 19.7 Å². The van der Waals surface area contributed by atoms with Crippen LogP contribution < -0.4 is 15.0 Å². The highest BCUT2D eigenvalue weighted by atomic mass is 16.6. The molecule has 9 heteroatoms. The minimum Gasteiger partial charge on any atom is -0.496 e. The molecule has 2 aromatic rings. The van der Waals surface area contributed by atoms with E-state index in [2.05, 4.69) is 9.97 Å². The molecule has 1 heterocycles. The van der Waals surface area contributed by atoms with Gasteiger partial charge in [0, 0.05) is 11.1 Å². The van der Waals surface area contributed by atoms with Gasteiger partial charge in [-0.1, -0.05) is 0 Å². The number of nitrogens with one attached hydrogen (secondary N) is 1. The van der Waals surface area contributed by atoms with Gasteiger partial charge in [0.25, 0.3) is 0 Å². The monoisotopic (exact) mass is 319 g/mol. The first-order valence-electron chi connectivity index (χ1n) is 6.46. The molecule has 2 rings (SSSR count). The molecule has 1 aromatic carbocycles. The third-order valence-corrected chi connectivity index (χ3v) is 3.03. The molecule has 0 aliphatic rings. The number of ether oxygens (including phenoxy) is 2. The van der Waals surface area contributed by atoms with E-state index < -0.39 is 22.0 Å². The molecular formula is C14H13N3O6. The van der Waals surface area contributed by atoms with Crippen LogP contribution in [0.3, 0.4) is 0 Å². The van der Waals surface area contributed by atoms with Crippen molar-refractivity contribution < 1.29 is 19.2 Å². The minimum atomic E-state index is -0.913. The minimum absolute atomic E-state index is 0.144. The van der Waals surface area contributed by atoms with Crippen molar-refractivity contribution in [3.63, 3.8) is 0 Å². The summed E-state index contributed by atoms with van der Waals surface area (Å²) in [6.45, 7) is 1.26. The summed E-state index contributed by atoms with van der Waals surface area (Å²) in [5.74, 6) is -0.106. The maximum atomic E-state index is 11.5. The van der Waals surface area contributed by atoms with E-state index in [0.717, 1.165) is 6.33 Å². The molecule has 0 radical (unpaired) electrons. The Labute approximate surface area is 130 Å². The number of Topliss-reactive ketones (excluding diaryl/α,β-unsaturated/α-hetero) is 1. The van der Waals surface area contributed by atoms with E-state index in [1.165, 1.54) is 14.0 Å². The first-order chi connectivity index (χ1) is 10.9. The largest absolute Gasteiger partial charge is 0.496 e. The van der Waals surface area contributed by atoms with Crippen molar-refractivity contribution in [1.29, 1.82) is 0 Å². The maximum absolute atomic E-state index is 11.5. The van der Waals surface area contributed by atoms with E-state index in [1.807, 2.05) is 0 Å². The van der Waals surface area contributed by atoms with Gasteiger partial charge in [0.15, 0.2) is 5.78 Å². The molecule has 9 nitrogen and oxygen atoms in total. The Balaban J connectivity index is 2.33.